The largest absolute Gasteiger partial charge is 0.477 e. The Balaban J connectivity index is 1.85. The van der Waals surface area contributed by atoms with Crippen LogP contribution in [0.3, 0.4) is 0 Å². The second kappa shape index (κ2) is 5.32. The number of benzene rings is 1. The van der Waals surface area contributed by atoms with Gasteiger partial charge in [-0.05, 0) is 5.56 Å². The molecule has 0 radical (unpaired) electrons. The molecule has 1 aliphatic rings. The van der Waals surface area contributed by atoms with Crippen LogP contribution in [0.1, 0.15) is 22.0 Å². The minimum absolute atomic E-state index is 0.0819. The van der Waals surface area contributed by atoms with Gasteiger partial charge in [-0.15, -0.1) is 0 Å². The minimum Gasteiger partial charge on any atom is -0.477 e. The van der Waals surface area contributed by atoms with Crippen LogP contribution in [-0.4, -0.2) is 33.6 Å². The van der Waals surface area contributed by atoms with Crippen molar-refractivity contribution in [2.24, 2.45) is 0 Å². The van der Waals surface area contributed by atoms with Gasteiger partial charge in [0.1, 0.15) is 11.4 Å². The number of amides is 2. The molecule has 2 amide bonds. The summed E-state index contributed by atoms with van der Waals surface area (Å²) in [5.74, 6) is -1.30. The zero-order valence-electron chi connectivity index (χ0n) is 11.4. The highest BCUT2D eigenvalue weighted by Crippen LogP contribution is 2.24. The maximum Gasteiger partial charge on any atom is 0.341 e. The number of aromatic nitrogens is 2. The standard InChI is InChI=1S/C14H13N5O3/c15-11-9(12(20)21)6-16-13(18-11)19-7-10(17-14(19)22)8-4-2-1-3-5-8/h1-6,10H,7H2,(H,17,22)(H,20,21)(H2,15,16,18). The van der Waals surface area contributed by atoms with E-state index in [1.807, 2.05) is 30.3 Å². The van der Waals surface area contributed by atoms with Crippen molar-refractivity contribution in [3.05, 3.63) is 47.7 Å². The van der Waals surface area contributed by atoms with E-state index in [0.717, 1.165) is 11.8 Å². The summed E-state index contributed by atoms with van der Waals surface area (Å²) in [5.41, 5.74) is 6.37. The van der Waals surface area contributed by atoms with Gasteiger partial charge < -0.3 is 16.2 Å². The lowest BCUT2D eigenvalue weighted by molar-refractivity contribution is 0.0697. The summed E-state index contributed by atoms with van der Waals surface area (Å²) < 4.78 is 0. The Bertz CT molecular complexity index is 735. The van der Waals surface area contributed by atoms with Crippen molar-refractivity contribution in [2.75, 3.05) is 17.2 Å². The van der Waals surface area contributed by atoms with Gasteiger partial charge in [-0.3, -0.25) is 4.90 Å². The van der Waals surface area contributed by atoms with Crippen molar-refractivity contribution in [1.82, 2.24) is 15.3 Å². The van der Waals surface area contributed by atoms with Crippen LogP contribution in [0.4, 0.5) is 16.6 Å². The van der Waals surface area contributed by atoms with Gasteiger partial charge in [-0.2, -0.15) is 4.98 Å². The first-order valence-corrected chi connectivity index (χ1v) is 6.55. The third kappa shape index (κ3) is 2.41. The molecule has 1 saturated heterocycles. The predicted molar refractivity (Wildman–Crippen MR) is 78.5 cm³/mol. The number of nitrogens with two attached hydrogens (primary N) is 1. The second-order valence-corrected chi connectivity index (χ2v) is 4.80. The lowest BCUT2D eigenvalue weighted by Gasteiger charge is -2.13. The number of rotatable bonds is 3. The molecule has 1 aromatic carbocycles. The van der Waals surface area contributed by atoms with Crippen LogP contribution in [0.15, 0.2) is 36.5 Å². The molecular weight excluding hydrogens is 286 g/mol. The third-order valence-corrected chi connectivity index (χ3v) is 3.39. The van der Waals surface area contributed by atoms with Gasteiger partial charge in [0.15, 0.2) is 0 Å². The number of aromatic carboxylic acids is 1. The quantitative estimate of drug-likeness (QED) is 0.778. The van der Waals surface area contributed by atoms with E-state index >= 15 is 0 Å². The molecule has 2 heterocycles. The highest BCUT2D eigenvalue weighted by molar-refractivity contribution is 5.95. The lowest BCUT2D eigenvalue weighted by atomic mass is 10.1. The SMILES string of the molecule is Nc1nc(N2CC(c3ccccc3)NC2=O)ncc1C(=O)O. The molecule has 2 aromatic rings. The molecule has 0 bridgehead atoms. The first-order chi connectivity index (χ1) is 10.6. The molecule has 0 spiro atoms. The summed E-state index contributed by atoms with van der Waals surface area (Å²) >= 11 is 0. The average Bonchev–Trinajstić information content (AvgIpc) is 2.89. The van der Waals surface area contributed by atoms with E-state index < -0.39 is 5.97 Å². The average molecular weight is 299 g/mol. The summed E-state index contributed by atoms with van der Waals surface area (Å²) in [5, 5.41) is 11.7. The van der Waals surface area contributed by atoms with E-state index in [0.29, 0.717) is 6.54 Å². The van der Waals surface area contributed by atoms with Crippen LogP contribution in [-0.2, 0) is 0 Å². The van der Waals surface area contributed by atoms with Crippen molar-refractivity contribution in [3.8, 4) is 0 Å². The van der Waals surface area contributed by atoms with Crippen molar-refractivity contribution in [3.63, 3.8) is 0 Å². The van der Waals surface area contributed by atoms with Gasteiger partial charge >= 0.3 is 12.0 Å². The number of urea groups is 1. The number of nitrogens with one attached hydrogen (secondary N) is 1. The Morgan fingerprint density at radius 1 is 1.36 bits per heavy atom. The monoisotopic (exact) mass is 299 g/mol. The highest BCUT2D eigenvalue weighted by atomic mass is 16.4. The van der Waals surface area contributed by atoms with Crippen LogP contribution in [0.25, 0.3) is 0 Å². The molecule has 22 heavy (non-hydrogen) atoms. The highest BCUT2D eigenvalue weighted by Gasteiger charge is 2.32. The van der Waals surface area contributed by atoms with E-state index in [-0.39, 0.29) is 29.4 Å². The molecule has 0 saturated carbocycles. The minimum atomic E-state index is -1.21. The van der Waals surface area contributed by atoms with E-state index in [1.54, 1.807) is 0 Å². The zero-order valence-corrected chi connectivity index (χ0v) is 11.4. The molecule has 1 unspecified atom stereocenters. The van der Waals surface area contributed by atoms with Crippen molar-refractivity contribution in [1.29, 1.82) is 0 Å². The van der Waals surface area contributed by atoms with Gasteiger partial charge in [0, 0.05) is 6.20 Å². The number of hydrogen-bond donors (Lipinski definition) is 3. The van der Waals surface area contributed by atoms with E-state index in [2.05, 4.69) is 15.3 Å². The number of carboxylic acid groups (broad SMARTS) is 1. The van der Waals surface area contributed by atoms with E-state index in [4.69, 9.17) is 10.8 Å². The van der Waals surface area contributed by atoms with Crippen LogP contribution in [0.2, 0.25) is 0 Å². The van der Waals surface area contributed by atoms with Gasteiger partial charge in [-0.1, -0.05) is 30.3 Å². The van der Waals surface area contributed by atoms with Crippen molar-refractivity contribution < 1.29 is 14.7 Å². The second-order valence-electron chi connectivity index (χ2n) is 4.80. The normalized spacial score (nSPS) is 17.4. The maximum absolute atomic E-state index is 12.1. The first kappa shape index (κ1) is 13.8. The molecular formula is C14H13N5O3. The van der Waals surface area contributed by atoms with E-state index in [1.165, 1.54) is 4.90 Å². The Kier molecular flexibility index (Phi) is 3.34. The molecule has 8 nitrogen and oxygen atoms in total. The van der Waals surface area contributed by atoms with Crippen molar-refractivity contribution >= 4 is 23.8 Å². The summed E-state index contributed by atoms with van der Waals surface area (Å²) in [4.78, 5) is 32.1. The number of carboxylic acids is 1. The van der Waals surface area contributed by atoms with Gasteiger partial charge in [0.05, 0.1) is 12.6 Å². The summed E-state index contributed by atoms with van der Waals surface area (Å²) in [7, 11) is 0. The molecule has 112 valence electrons. The van der Waals surface area contributed by atoms with Crippen LogP contribution in [0.5, 0.6) is 0 Å². The number of nitrogens with zero attached hydrogens (tertiary/aromatic N) is 3. The Hall–Kier alpha value is -3.16. The Morgan fingerprint density at radius 3 is 2.73 bits per heavy atom. The molecule has 0 aliphatic carbocycles. The smallest absolute Gasteiger partial charge is 0.341 e. The molecule has 4 N–H and O–H groups in total. The fourth-order valence-corrected chi connectivity index (χ4v) is 2.26. The van der Waals surface area contributed by atoms with E-state index in [9.17, 15) is 9.59 Å². The fraction of sp³-hybridized carbons (Fsp3) is 0.143. The number of anilines is 2. The lowest BCUT2D eigenvalue weighted by Crippen LogP contribution is -2.29. The predicted octanol–water partition coefficient (Wildman–Crippen LogP) is 1.03. The maximum atomic E-state index is 12.1. The third-order valence-electron chi connectivity index (χ3n) is 3.39. The van der Waals surface area contributed by atoms with Crippen LogP contribution < -0.4 is 16.0 Å². The van der Waals surface area contributed by atoms with Crippen LogP contribution >= 0.6 is 0 Å². The van der Waals surface area contributed by atoms with Crippen LogP contribution in [0, 0.1) is 0 Å². The first-order valence-electron chi connectivity index (χ1n) is 6.55. The van der Waals surface area contributed by atoms with Crippen molar-refractivity contribution in [2.45, 2.75) is 6.04 Å². The van der Waals surface area contributed by atoms with Gasteiger partial charge in [-0.25, -0.2) is 14.6 Å². The fourth-order valence-electron chi connectivity index (χ4n) is 2.26. The number of carbonyl (C=O) groups is 2. The number of hydrogen-bond acceptors (Lipinski definition) is 5. The molecule has 3 rings (SSSR count). The molecule has 8 heteroatoms. The van der Waals surface area contributed by atoms with Gasteiger partial charge in [0.2, 0.25) is 5.95 Å². The summed E-state index contributed by atoms with van der Waals surface area (Å²) in [6.45, 7) is 0.342. The Morgan fingerprint density at radius 2 is 2.09 bits per heavy atom. The topological polar surface area (TPSA) is 121 Å². The number of nitrogen functional groups attached to an aromatic ring is 1. The summed E-state index contributed by atoms with van der Waals surface area (Å²) in [6, 6.07) is 8.97. The van der Waals surface area contributed by atoms with Gasteiger partial charge in [0.25, 0.3) is 0 Å². The number of carbonyl (C=O) groups excluding carboxylic acids is 1. The molecule has 1 aromatic heterocycles. The molecule has 1 aliphatic heterocycles. The summed E-state index contributed by atoms with van der Waals surface area (Å²) in [6.07, 6.45) is 1.10. The molecule has 1 fully saturated rings. The molecule has 1 atom stereocenters. The zero-order chi connectivity index (χ0) is 15.7. The Labute approximate surface area is 125 Å².